The maximum atomic E-state index is 9.22. The molecular formula is C15H25ClN2O. The zero-order chi connectivity index (χ0) is 14.3. The van der Waals surface area contributed by atoms with Crippen LogP contribution in [0.4, 0.5) is 5.69 Å². The van der Waals surface area contributed by atoms with Gasteiger partial charge in [0, 0.05) is 29.8 Å². The quantitative estimate of drug-likeness (QED) is 0.720. The van der Waals surface area contributed by atoms with E-state index in [1.165, 1.54) is 5.56 Å². The maximum absolute atomic E-state index is 9.22. The molecule has 1 aromatic carbocycles. The molecule has 0 bridgehead atoms. The van der Waals surface area contributed by atoms with Gasteiger partial charge in [-0.05, 0) is 50.6 Å². The van der Waals surface area contributed by atoms with Gasteiger partial charge in [0.15, 0.2) is 0 Å². The number of hydrogen-bond acceptors (Lipinski definition) is 3. The summed E-state index contributed by atoms with van der Waals surface area (Å²) in [5.74, 6) is 0. The molecule has 0 heterocycles. The van der Waals surface area contributed by atoms with Gasteiger partial charge in [0.25, 0.3) is 0 Å². The van der Waals surface area contributed by atoms with E-state index < -0.39 is 0 Å². The van der Waals surface area contributed by atoms with Crippen LogP contribution >= 0.6 is 11.6 Å². The van der Waals surface area contributed by atoms with Crippen LogP contribution in [0.1, 0.15) is 32.8 Å². The van der Waals surface area contributed by atoms with E-state index in [2.05, 4.69) is 31.0 Å². The topological polar surface area (TPSA) is 35.5 Å². The zero-order valence-electron chi connectivity index (χ0n) is 12.1. The second-order valence-corrected chi connectivity index (χ2v) is 5.40. The van der Waals surface area contributed by atoms with Crippen molar-refractivity contribution in [3.8, 4) is 0 Å². The molecule has 0 spiro atoms. The molecule has 0 radical (unpaired) electrons. The first kappa shape index (κ1) is 16.3. The highest BCUT2D eigenvalue weighted by atomic mass is 35.5. The third-order valence-corrected chi connectivity index (χ3v) is 3.29. The Morgan fingerprint density at radius 2 is 2.11 bits per heavy atom. The summed E-state index contributed by atoms with van der Waals surface area (Å²) in [5.41, 5.74) is 2.33. The SMILES string of the molecule is CCCNCc1cc(Cl)ccc1N(CCO)C(C)C. The molecule has 0 fully saturated rings. The highest BCUT2D eigenvalue weighted by molar-refractivity contribution is 6.30. The number of anilines is 1. The Morgan fingerprint density at radius 3 is 2.68 bits per heavy atom. The standard InChI is InChI=1S/C15H25ClN2O/c1-4-7-17-11-13-10-14(16)5-6-15(13)18(8-9-19)12(2)3/h5-6,10,12,17,19H,4,7-9,11H2,1-3H3. The lowest BCUT2D eigenvalue weighted by Crippen LogP contribution is -2.34. The molecule has 0 aliphatic heterocycles. The van der Waals surface area contributed by atoms with Crippen LogP contribution < -0.4 is 10.2 Å². The molecule has 0 aliphatic rings. The number of aliphatic hydroxyl groups is 1. The van der Waals surface area contributed by atoms with Crippen molar-refractivity contribution >= 4 is 17.3 Å². The Kier molecular flexibility index (Phi) is 7.21. The van der Waals surface area contributed by atoms with Crippen LogP contribution in [0.15, 0.2) is 18.2 Å². The fourth-order valence-corrected chi connectivity index (χ4v) is 2.33. The number of benzene rings is 1. The van der Waals surface area contributed by atoms with Gasteiger partial charge in [0.05, 0.1) is 6.61 Å². The summed E-state index contributed by atoms with van der Waals surface area (Å²) in [6.07, 6.45) is 1.11. The van der Waals surface area contributed by atoms with Crippen LogP contribution in [0.2, 0.25) is 5.02 Å². The van der Waals surface area contributed by atoms with Crippen LogP contribution in [0.3, 0.4) is 0 Å². The van der Waals surface area contributed by atoms with Crippen LogP contribution in [-0.4, -0.2) is 30.8 Å². The lowest BCUT2D eigenvalue weighted by Gasteiger charge is -2.30. The Bertz CT molecular complexity index is 382. The monoisotopic (exact) mass is 284 g/mol. The van der Waals surface area contributed by atoms with Crippen molar-refractivity contribution in [2.24, 2.45) is 0 Å². The van der Waals surface area contributed by atoms with Crippen molar-refractivity contribution in [1.29, 1.82) is 0 Å². The molecule has 0 aliphatic carbocycles. The van der Waals surface area contributed by atoms with Crippen molar-refractivity contribution in [2.45, 2.75) is 39.8 Å². The molecular weight excluding hydrogens is 260 g/mol. The average molecular weight is 285 g/mol. The summed E-state index contributed by atoms with van der Waals surface area (Å²) in [6, 6.07) is 6.30. The van der Waals surface area contributed by atoms with E-state index in [0.717, 1.165) is 30.2 Å². The molecule has 0 saturated carbocycles. The Morgan fingerprint density at radius 1 is 1.37 bits per heavy atom. The van der Waals surface area contributed by atoms with E-state index in [-0.39, 0.29) is 6.61 Å². The molecule has 0 atom stereocenters. The minimum atomic E-state index is 0.155. The summed E-state index contributed by atoms with van der Waals surface area (Å²) < 4.78 is 0. The summed E-state index contributed by atoms with van der Waals surface area (Å²) in [7, 11) is 0. The predicted molar refractivity (Wildman–Crippen MR) is 83.0 cm³/mol. The van der Waals surface area contributed by atoms with Gasteiger partial charge in [-0.25, -0.2) is 0 Å². The van der Waals surface area contributed by atoms with Gasteiger partial charge in [-0.1, -0.05) is 18.5 Å². The Labute approximate surface area is 121 Å². The lowest BCUT2D eigenvalue weighted by molar-refractivity contribution is 0.299. The van der Waals surface area contributed by atoms with Gasteiger partial charge in [-0.2, -0.15) is 0 Å². The number of nitrogens with zero attached hydrogens (tertiary/aromatic N) is 1. The zero-order valence-corrected chi connectivity index (χ0v) is 12.9. The largest absolute Gasteiger partial charge is 0.395 e. The van der Waals surface area contributed by atoms with E-state index in [1.807, 2.05) is 18.2 Å². The molecule has 19 heavy (non-hydrogen) atoms. The van der Waals surface area contributed by atoms with Crippen LogP contribution in [-0.2, 0) is 6.54 Å². The van der Waals surface area contributed by atoms with E-state index in [4.69, 9.17) is 11.6 Å². The molecule has 108 valence electrons. The lowest BCUT2D eigenvalue weighted by atomic mass is 10.1. The number of nitrogens with one attached hydrogen (secondary N) is 1. The first-order valence-corrected chi connectivity index (χ1v) is 7.34. The Hall–Kier alpha value is -0.770. The van der Waals surface area contributed by atoms with Gasteiger partial charge in [-0.15, -0.1) is 0 Å². The van der Waals surface area contributed by atoms with Crippen molar-refractivity contribution in [1.82, 2.24) is 5.32 Å². The van der Waals surface area contributed by atoms with E-state index >= 15 is 0 Å². The van der Waals surface area contributed by atoms with Crippen LogP contribution in [0.25, 0.3) is 0 Å². The summed E-state index contributed by atoms with van der Waals surface area (Å²) in [6.45, 7) is 9.01. The van der Waals surface area contributed by atoms with Crippen LogP contribution in [0, 0.1) is 0 Å². The van der Waals surface area contributed by atoms with Gasteiger partial charge in [-0.3, -0.25) is 0 Å². The Balaban J connectivity index is 2.95. The van der Waals surface area contributed by atoms with E-state index in [0.29, 0.717) is 12.6 Å². The maximum Gasteiger partial charge on any atom is 0.0606 e. The van der Waals surface area contributed by atoms with Gasteiger partial charge in [0.2, 0.25) is 0 Å². The highest BCUT2D eigenvalue weighted by Crippen LogP contribution is 2.26. The summed E-state index contributed by atoms with van der Waals surface area (Å²) >= 11 is 6.10. The smallest absolute Gasteiger partial charge is 0.0606 e. The molecule has 0 saturated heterocycles. The third-order valence-electron chi connectivity index (χ3n) is 3.06. The molecule has 0 amide bonds. The minimum absolute atomic E-state index is 0.155. The number of hydrogen-bond donors (Lipinski definition) is 2. The van der Waals surface area contributed by atoms with E-state index in [9.17, 15) is 5.11 Å². The molecule has 4 heteroatoms. The van der Waals surface area contributed by atoms with Crippen LogP contribution in [0.5, 0.6) is 0 Å². The van der Waals surface area contributed by atoms with Gasteiger partial charge in [0.1, 0.15) is 0 Å². The van der Waals surface area contributed by atoms with Crippen molar-refractivity contribution in [2.75, 3.05) is 24.6 Å². The number of halogens is 1. The first-order valence-electron chi connectivity index (χ1n) is 6.96. The molecule has 0 aromatic heterocycles. The molecule has 1 rings (SSSR count). The molecule has 2 N–H and O–H groups in total. The van der Waals surface area contributed by atoms with Crippen molar-refractivity contribution in [3.05, 3.63) is 28.8 Å². The number of rotatable bonds is 8. The normalized spacial score (nSPS) is 11.1. The third kappa shape index (κ3) is 5.01. The molecule has 0 unspecified atom stereocenters. The summed E-state index contributed by atoms with van der Waals surface area (Å²) in [5, 5.41) is 13.4. The van der Waals surface area contributed by atoms with Crippen molar-refractivity contribution in [3.63, 3.8) is 0 Å². The first-order chi connectivity index (χ1) is 9.10. The predicted octanol–water partition coefficient (Wildman–Crippen LogP) is 3.05. The second-order valence-electron chi connectivity index (χ2n) is 4.96. The highest BCUT2D eigenvalue weighted by Gasteiger charge is 2.14. The molecule has 3 nitrogen and oxygen atoms in total. The minimum Gasteiger partial charge on any atom is -0.395 e. The van der Waals surface area contributed by atoms with Gasteiger partial charge < -0.3 is 15.3 Å². The molecule has 1 aromatic rings. The fraction of sp³-hybridized carbons (Fsp3) is 0.600. The second kappa shape index (κ2) is 8.41. The van der Waals surface area contributed by atoms with E-state index in [1.54, 1.807) is 0 Å². The summed E-state index contributed by atoms with van der Waals surface area (Å²) in [4.78, 5) is 2.21. The number of aliphatic hydroxyl groups excluding tert-OH is 1. The van der Waals surface area contributed by atoms with Gasteiger partial charge >= 0.3 is 0 Å². The fourth-order valence-electron chi connectivity index (χ4n) is 2.14. The van der Waals surface area contributed by atoms with Crippen molar-refractivity contribution < 1.29 is 5.11 Å². The average Bonchev–Trinajstić information content (AvgIpc) is 2.37.